The standard InChI is InChI=1S/C20H23FN2O2S/c1-25-18-8-7-15(13-17(18)21)14-22-9-11-23(12-10-22)20(24)16-5-3-4-6-19(16)26-2/h3-8,13H,9-12,14H2,1-2H3. The number of thioether (sulfide) groups is 1. The van der Waals surface area contributed by atoms with Gasteiger partial charge in [0.05, 0.1) is 12.7 Å². The molecular formula is C20H23FN2O2S. The van der Waals surface area contributed by atoms with Gasteiger partial charge in [-0.2, -0.15) is 0 Å². The van der Waals surface area contributed by atoms with Crippen molar-refractivity contribution in [2.45, 2.75) is 11.4 Å². The summed E-state index contributed by atoms with van der Waals surface area (Å²) in [5.41, 5.74) is 1.68. The van der Waals surface area contributed by atoms with E-state index in [1.54, 1.807) is 17.8 Å². The lowest BCUT2D eigenvalue weighted by atomic mass is 10.1. The molecule has 138 valence electrons. The summed E-state index contributed by atoms with van der Waals surface area (Å²) in [6.07, 6.45) is 1.98. The Balaban J connectivity index is 1.59. The average molecular weight is 374 g/mol. The molecule has 6 heteroatoms. The number of rotatable bonds is 5. The second-order valence-electron chi connectivity index (χ2n) is 6.24. The van der Waals surface area contributed by atoms with Crippen molar-refractivity contribution in [1.29, 1.82) is 0 Å². The lowest BCUT2D eigenvalue weighted by molar-refractivity contribution is 0.0625. The summed E-state index contributed by atoms with van der Waals surface area (Å²) < 4.78 is 18.8. The Labute approximate surface area is 157 Å². The van der Waals surface area contributed by atoms with Crippen molar-refractivity contribution in [3.63, 3.8) is 0 Å². The molecule has 1 aliphatic heterocycles. The van der Waals surface area contributed by atoms with Gasteiger partial charge >= 0.3 is 0 Å². The molecule has 1 saturated heterocycles. The third-order valence-corrected chi connectivity index (χ3v) is 5.42. The number of hydrogen-bond donors (Lipinski definition) is 0. The van der Waals surface area contributed by atoms with E-state index < -0.39 is 0 Å². The summed E-state index contributed by atoms with van der Waals surface area (Å²) in [5, 5.41) is 0. The highest BCUT2D eigenvalue weighted by Gasteiger charge is 2.23. The van der Waals surface area contributed by atoms with Crippen molar-refractivity contribution in [2.24, 2.45) is 0 Å². The Bertz CT molecular complexity index is 776. The summed E-state index contributed by atoms with van der Waals surface area (Å²) in [6.45, 7) is 3.59. The molecule has 1 aliphatic rings. The van der Waals surface area contributed by atoms with Crippen LogP contribution >= 0.6 is 11.8 Å². The normalized spacial score (nSPS) is 15.1. The molecule has 2 aromatic carbocycles. The SMILES string of the molecule is COc1ccc(CN2CCN(C(=O)c3ccccc3SC)CC2)cc1F. The Hall–Kier alpha value is -2.05. The maximum atomic E-state index is 13.8. The Morgan fingerprint density at radius 1 is 1.15 bits per heavy atom. The van der Waals surface area contributed by atoms with Gasteiger partial charge in [-0.15, -0.1) is 11.8 Å². The highest BCUT2D eigenvalue weighted by Crippen LogP contribution is 2.23. The number of carbonyl (C=O) groups is 1. The molecule has 4 nitrogen and oxygen atoms in total. The predicted molar refractivity (Wildman–Crippen MR) is 102 cm³/mol. The number of amides is 1. The molecule has 0 aromatic heterocycles. The van der Waals surface area contributed by atoms with Crippen LogP contribution in [0.25, 0.3) is 0 Å². The molecular weight excluding hydrogens is 351 g/mol. The fraction of sp³-hybridized carbons (Fsp3) is 0.350. The number of benzene rings is 2. The number of hydrogen-bond acceptors (Lipinski definition) is 4. The van der Waals surface area contributed by atoms with E-state index in [1.165, 1.54) is 13.2 Å². The third kappa shape index (κ3) is 4.19. The average Bonchev–Trinajstić information content (AvgIpc) is 2.68. The van der Waals surface area contributed by atoms with E-state index in [1.807, 2.05) is 41.5 Å². The fourth-order valence-electron chi connectivity index (χ4n) is 3.17. The van der Waals surface area contributed by atoms with Crippen LogP contribution in [-0.2, 0) is 6.54 Å². The van der Waals surface area contributed by atoms with E-state index >= 15 is 0 Å². The van der Waals surface area contributed by atoms with Gasteiger partial charge in [-0.3, -0.25) is 9.69 Å². The largest absolute Gasteiger partial charge is 0.494 e. The van der Waals surface area contributed by atoms with E-state index in [9.17, 15) is 9.18 Å². The van der Waals surface area contributed by atoms with Gasteiger partial charge in [0.1, 0.15) is 0 Å². The molecule has 0 spiro atoms. The Morgan fingerprint density at radius 2 is 1.88 bits per heavy atom. The Kier molecular flexibility index (Phi) is 6.16. The van der Waals surface area contributed by atoms with Crippen LogP contribution in [0.4, 0.5) is 4.39 Å². The molecule has 1 fully saturated rings. The molecule has 0 atom stereocenters. The van der Waals surface area contributed by atoms with Crippen molar-refractivity contribution < 1.29 is 13.9 Å². The van der Waals surface area contributed by atoms with Crippen molar-refractivity contribution in [3.8, 4) is 5.75 Å². The van der Waals surface area contributed by atoms with Crippen LogP contribution in [-0.4, -0.2) is 55.3 Å². The van der Waals surface area contributed by atoms with Crippen LogP contribution in [0.15, 0.2) is 47.4 Å². The molecule has 3 rings (SSSR count). The molecule has 0 aliphatic carbocycles. The van der Waals surface area contributed by atoms with Gasteiger partial charge in [0.15, 0.2) is 11.6 Å². The molecule has 1 amide bonds. The van der Waals surface area contributed by atoms with Crippen LogP contribution in [0.1, 0.15) is 15.9 Å². The number of methoxy groups -OCH3 is 1. The van der Waals surface area contributed by atoms with Crippen molar-refractivity contribution in [2.75, 3.05) is 39.5 Å². The molecule has 0 unspecified atom stereocenters. The molecule has 0 bridgehead atoms. The first-order valence-corrected chi connectivity index (χ1v) is 9.82. The summed E-state index contributed by atoms with van der Waals surface area (Å²) in [5.74, 6) is 0.00852. The molecule has 2 aromatic rings. The topological polar surface area (TPSA) is 32.8 Å². The summed E-state index contributed by atoms with van der Waals surface area (Å²) in [4.78, 5) is 17.9. The highest BCUT2D eigenvalue weighted by molar-refractivity contribution is 7.98. The van der Waals surface area contributed by atoms with Crippen LogP contribution in [0, 0.1) is 5.82 Å². The lowest BCUT2D eigenvalue weighted by Crippen LogP contribution is -2.48. The first kappa shape index (κ1) is 18.7. The van der Waals surface area contributed by atoms with Crippen LogP contribution < -0.4 is 4.74 Å². The zero-order chi connectivity index (χ0) is 18.5. The minimum absolute atomic E-state index is 0.0880. The van der Waals surface area contributed by atoms with Gasteiger partial charge in [0, 0.05) is 37.6 Å². The van der Waals surface area contributed by atoms with E-state index in [0.717, 1.165) is 29.1 Å². The predicted octanol–water partition coefficient (Wildman–Crippen LogP) is 3.51. The summed E-state index contributed by atoms with van der Waals surface area (Å²) in [7, 11) is 1.46. The molecule has 0 saturated carbocycles. The van der Waals surface area contributed by atoms with Crippen LogP contribution in [0.3, 0.4) is 0 Å². The maximum absolute atomic E-state index is 13.8. The second kappa shape index (κ2) is 8.56. The molecule has 1 heterocycles. The minimum atomic E-state index is -0.340. The Morgan fingerprint density at radius 3 is 2.54 bits per heavy atom. The molecule has 0 radical (unpaired) electrons. The van der Waals surface area contributed by atoms with E-state index in [-0.39, 0.29) is 17.5 Å². The zero-order valence-corrected chi connectivity index (χ0v) is 15.9. The van der Waals surface area contributed by atoms with Crippen molar-refractivity contribution in [1.82, 2.24) is 9.80 Å². The van der Waals surface area contributed by atoms with Crippen molar-refractivity contribution in [3.05, 3.63) is 59.4 Å². The zero-order valence-electron chi connectivity index (χ0n) is 15.1. The second-order valence-corrected chi connectivity index (χ2v) is 7.09. The van der Waals surface area contributed by atoms with Crippen LogP contribution in [0.5, 0.6) is 5.75 Å². The minimum Gasteiger partial charge on any atom is -0.494 e. The number of piperazine rings is 1. The quantitative estimate of drug-likeness (QED) is 0.750. The number of ether oxygens (including phenoxy) is 1. The number of carbonyl (C=O) groups excluding carboxylic acids is 1. The summed E-state index contributed by atoms with van der Waals surface area (Å²) in [6, 6.07) is 12.8. The van der Waals surface area contributed by atoms with Gasteiger partial charge in [-0.25, -0.2) is 4.39 Å². The fourth-order valence-corrected chi connectivity index (χ4v) is 3.76. The summed E-state index contributed by atoms with van der Waals surface area (Å²) >= 11 is 1.59. The van der Waals surface area contributed by atoms with E-state index in [0.29, 0.717) is 19.6 Å². The van der Waals surface area contributed by atoms with Gasteiger partial charge < -0.3 is 9.64 Å². The maximum Gasteiger partial charge on any atom is 0.255 e. The number of nitrogens with zero attached hydrogens (tertiary/aromatic N) is 2. The van der Waals surface area contributed by atoms with Gasteiger partial charge in [0.25, 0.3) is 5.91 Å². The van der Waals surface area contributed by atoms with Gasteiger partial charge in [0.2, 0.25) is 0 Å². The lowest BCUT2D eigenvalue weighted by Gasteiger charge is -2.35. The highest BCUT2D eigenvalue weighted by atomic mass is 32.2. The van der Waals surface area contributed by atoms with Gasteiger partial charge in [-0.05, 0) is 36.1 Å². The van der Waals surface area contributed by atoms with Crippen molar-refractivity contribution >= 4 is 17.7 Å². The monoisotopic (exact) mass is 374 g/mol. The number of halogens is 1. The smallest absolute Gasteiger partial charge is 0.255 e. The third-order valence-electron chi connectivity index (χ3n) is 4.62. The molecule has 26 heavy (non-hydrogen) atoms. The van der Waals surface area contributed by atoms with Crippen LogP contribution in [0.2, 0.25) is 0 Å². The first-order chi connectivity index (χ1) is 12.6. The van der Waals surface area contributed by atoms with E-state index in [2.05, 4.69) is 4.90 Å². The molecule has 0 N–H and O–H groups in total. The van der Waals surface area contributed by atoms with Gasteiger partial charge in [-0.1, -0.05) is 18.2 Å². The van der Waals surface area contributed by atoms with E-state index in [4.69, 9.17) is 4.74 Å². The first-order valence-electron chi connectivity index (χ1n) is 8.59.